The number of nitrogens with one attached hydrogen (secondary N) is 2. The van der Waals surface area contributed by atoms with E-state index in [1.54, 1.807) is 7.11 Å². The molecule has 1 aliphatic rings. The van der Waals surface area contributed by atoms with Crippen LogP contribution in [0.4, 0.5) is 0 Å². The Bertz CT molecular complexity index is 456. The van der Waals surface area contributed by atoms with E-state index in [2.05, 4.69) is 22.5 Å². The van der Waals surface area contributed by atoms with Crippen LogP contribution in [0, 0.1) is 0 Å². The molecule has 1 aliphatic heterocycles. The van der Waals surface area contributed by atoms with Crippen LogP contribution in [0.15, 0.2) is 24.3 Å². The summed E-state index contributed by atoms with van der Waals surface area (Å²) in [4.78, 5) is 14.2. The van der Waals surface area contributed by atoms with Gasteiger partial charge in [0.1, 0.15) is 5.75 Å². The molecule has 1 aromatic rings. The van der Waals surface area contributed by atoms with Crippen LogP contribution < -0.4 is 15.4 Å². The zero-order chi connectivity index (χ0) is 14.4. The van der Waals surface area contributed by atoms with Gasteiger partial charge in [-0.2, -0.15) is 0 Å². The van der Waals surface area contributed by atoms with Gasteiger partial charge in [-0.15, -0.1) is 12.4 Å². The number of hydrogen-bond acceptors (Lipinski definition) is 4. The van der Waals surface area contributed by atoms with Crippen molar-refractivity contribution in [3.63, 3.8) is 0 Å². The number of nitrogens with zero attached hydrogens (tertiary/aromatic N) is 1. The molecular formula is C15H24ClN3O2. The summed E-state index contributed by atoms with van der Waals surface area (Å²) in [5.41, 5.74) is 1.05. The molecular weight excluding hydrogens is 290 g/mol. The molecule has 0 radical (unpaired) electrons. The fourth-order valence-corrected chi connectivity index (χ4v) is 2.34. The quantitative estimate of drug-likeness (QED) is 0.852. The third-order valence-corrected chi connectivity index (χ3v) is 3.61. The third kappa shape index (κ3) is 5.53. The summed E-state index contributed by atoms with van der Waals surface area (Å²) in [6.45, 7) is 5.97. The molecule has 2 N–H and O–H groups in total. The zero-order valence-corrected chi connectivity index (χ0v) is 13.4. The van der Waals surface area contributed by atoms with Crippen LogP contribution in [0.3, 0.4) is 0 Å². The number of methoxy groups -OCH3 is 1. The average Bonchev–Trinajstić information content (AvgIpc) is 2.48. The Hall–Kier alpha value is -1.30. The minimum atomic E-state index is 0. The molecule has 1 saturated heterocycles. The maximum absolute atomic E-state index is 12.0. The highest BCUT2D eigenvalue weighted by Crippen LogP contribution is 2.12. The Labute approximate surface area is 132 Å². The largest absolute Gasteiger partial charge is 0.497 e. The highest BCUT2D eigenvalue weighted by Gasteiger charge is 2.19. The van der Waals surface area contributed by atoms with Crippen molar-refractivity contribution in [1.82, 2.24) is 15.5 Å². The monoisotopic (exact) mass is 313 g/mol. The first-order valence-corrected chi connectivity index (χ1v) is 7.03. The Morgan fingerprint density at radius 2 is 2.33 bits per heavy atom. The predicted octanol–water partition coefficient (Wildman–Crippen LogP) is 1.03. The van der Waals surface area contributed by atoms with Crippen molar-refractivity contribution in [1.29, 1.82) is 0 Å². The first-order valence-electron chi connectivity index (χ1n) is 7.03. The molecule has 118 valence electrons. The lowest BCUT2D eigenvalue weighted by Gasteiger charge is -2.33. The van der Waals surface area contributed by atoms with Crippen LogP contribution in [0.25, 0.3) is 0 Å². The van der Waals surface area contributed by atoms with E-state index in [1.807, 2.05) is 24.3 Å². The van der Waals surface area contributed by atoms with Crippen LogP contribution in [0.1, 0.15) is 12.5 Å². The molecule has 2 rings (SSSR count). The van der Waals surface area contributed by atoms with Gasteiger partial charge in [0, 0.05) is 32.2 Å². The maximum Gasteiger partial charge on any atom is 0.234 e. The van der Waals surface area contributed by atoms with E-state index in [4.69, 9.17) is 4.74 Å². The Morgan fingerprint density at radius 1 is 1.52 bits per heavy atom. The lowest BCUT2D eigenvalue weighted by Crippen LogP contribution is -2.52. The van der Waals surface area contributed by atoms with Crippen LogP contribution in [0.5, 0.6) is 5.75 Å². The smallest absolute Gasteiger partial charge is 0.234 e. The van der Waals surface area contributed by atoms with Gasteiger partial charge in [0.05, 0.1) is 13.7 Å². The summed E-state index contributed by atoms with van der Waals surface area (Å²) in [7, 11) is 1.64. The van der Waals surface area contributed by atoms with Crippen molar-refractivity contribution in [3.05, 3.63) is 29.8 Å². The Morgan fingerprint density at radius 3 is 3.05 bits per heavy atom. The molecule has 0 aliphatic carbocycles. The third-order valence-electron chi connectivity index (χ3n) is 3.61. The number of benzene rings is 1. The average molecular weight is 314 g/mol. The molecule has 1 atom stereocenters. The minimum absolute atomic E-state index is 0. The normalized spacial score (nSPS) is 18.7. The van der Waals surface area contributed by atoms with Crippen molar-refractivity contribution in [2.75, 3.05) is 33.3 Å². The standard InChI is InChI=1S/C15H23N3O2.ClH/c1-12-9-16-6-7-18(12)11-15(19)17-10-13-4-3-5-14(8-13)20-2;/h3-5,8,12,16H,6-7,9-11H2,1-2H3,(H,17,19);1H. The lowest BCUT2D eigenvalue weighted by molar-refractivity contribution is -0.123. The first kappa shape index (κ1) is 17.8. The highest BCUT2D eigenvalue weighted by atomic mass is 35.5. The number of hydrogen-bond donors (Lipinski definition) is 2. The molecule has 0 aromatic heterocycles. The lowest BCUT2D eigenvalue weighted by atomic mass is 10.2. The van der Waals surface area contributed by atoms with E-state index in [-0.39, 0.29) is 18.3 Å². The molecule has 1 amide bonds. The number of rotatable bonds is 5. The number of amides is 1. The van der Waals surface area contributed by atoms with Gasteiger partial charge in [0.15, 0.2) is 0 Å². The molecule has 21 heavy (non-hydrogen) atoms. The Balaban J connectivity index is 0.00000220. The van der Waals surface area contributed by atoms with E-state index >= 15 is 0 Å². The summed E-state index contributed by atoms with van der Waals surface area (Å²) in [5.74, 6) is 0.883. The molecule has 0 spiro atoms. The molecule has 6 heteroatoms. The van der Waals surface area contributed by atoms with E-state index in [9.17, 15) is 4.79 Å². The van der Waals surface area contributed by atoms with Crippen LogP contribution >= 0.6 is 12.4 Å². The molecule has 0 saturated carbocycles. The highest BCUT2D eigenvalue weighted by molar-refractivity contribution is 5.85. The van der Waals surface area contributed by atoms with Crippen molar-refractivity contribution in [2.24, 2.45) is 0 Å². The van der Waals surface area contributed by atoms with Crippen LogP contribution in [-0.4, -0.2) is 50.1 Å². The topological polar surface area (TPSA) is 53.6 Å². The van der Waals surface area contributed by atoms with Gasteiger partial charge in [0.25, 0.3) is 0 Å². The van der Waals surface area contributed by atoms with Crippen LogP contribution in [-0.2, 0) is 11.3 Å². The molecule has 1 aromatic carbocycles. The summed E-state index contributed by atoms with van der Waals surface area (Å²) < 4.78 is 5.17. The van der Waals surface area contributed by atoms with Gasteiger partial charge in [0.2, 0.25) is 5.91 Å². The van der Waals surface area contributed by atoms with Crippen LogP contribution in [0.2, 0.25) is 0 Å². The van der Waals surface area contributed by atoms with E-state index in [0.29, 0.717) is 19.1 Å². The number of piperazine rings is 1. The maximum atomic E-state index is 12.0. The summed E-state index contributed by atoms with van der Waals surface area (Å²) in [6.07, 6.45) is 0. The van der Waals surface area contributed by atoms with Gasteiger partial charge in [-0.1, -0.05) is 12.1 Å². The van der Waals surface area contributed by atoms with Crippen molar-refractivity contribution in [3.8, 4) is 5.75 Å². The van der Waals surface area contributed by atoms with Crippen molar-refractivity contribution in [2.45, 2.75) is 19.5 Å². The van der Waals surface area contributed by atoms with Gasteiger partial charge in [-0.05, 0) is 24.6 Å². The summed E-state index contributed by atoms with van der Waals surface area (Å²) >= 11 is 0. The molecule has 0 bridgehead atoms. The van der Waals surface area contributed by atoms with Gasteiger partial charge < -0.3 is 15.4 Å². The summed E-state index contributed by atoms with van der Waals surface area (Å²) in [5, 5.41) is 6.28. The van der Waals surface area contributed by atoms with Gasteiger partial charge in [-0.3, -0.25) is 9.69 Å². The molecule has 1 unspecified atom stereocenters. The fourth-order valence-electron chi connectivity index (χ4n) is 2.34. The molecule has 1 heterocycles. The zero-order valence-electron chi connectivity index (χ0n) is 12.6. The number of halogens is 1. The van der Waals surface area contributed by atoms with Crippen molar-refractivity contribution >= 4 is 18.3 Å². The summed E-state index contributed by atoms with van der Waals surface area (Å²) in [6, 6.07) is 8.16. The second-order valence-corrected chi connectivity index (χ2v) is 5.15. The SMILES string of the molecule is COc1cccc(CNC(=O)CN2CCNCC2C)c1.Cl. The van der Waals surface area contributed by atoms with Crippen molar-refractivity contribution < 1.29 is 9.53 Å². The minimum Gasteiger partial charge on any atom is -0.497 e. The van der Waals surface area contributed by atoms with Gasteiger partial charge >= 0.3 is 0 Å². The first-order chi connectivity index (χ1) is 9.69. The second kappa shape index (κ2) is 8.87. The molecule has 1 fully saturated rings. The predicted molar refractivity (Wildman–Crippen MR) is 86.0 cm³/mol. The number of carbonyl (C=O) groups is 1. The fraction of sp³-hybridized carbons (Fsp3) is 0.533. The van der Waals surface area contributed by atoms with E-state index in [1.165, 1.54) is 0 Å². The second-order valence-electron chi connectivity index (χ2n) is 5.15. The van der Waals surface area contributed by atoms with Gasteiger partial charge in [-0.25, -0.2) is 0 Å². The molecule has 5 nitrogen and oxygen atoms in total. The number of ether oxygens (including phenoxy) is 1. The van der Waals surface area contributed by atoms with E-state index < -0.39 is 0 Å². The van der Waals surface area contributed by atoms with E-state index in [0.717, 1.165) is 30.9 Å². The Kier molecular flexibility index (Phi) is 7.50. The number of carbonyl (C=O) groups excluding carboxylic acids is 1.